The Morgan fingerprint density at radius 3 is 2.26 bits per heavy atom. The molecule has 188 valence electrons. The quantitative estimate of drug-likeness (QED) is 0.232. The number of nitrogens with zero attached hydrogens (tertiary/aromatic N) is 1. The summed E-state index contributed by atoms with van der Waals surface area (Å²) in [6, 6.07) is 28.9. The fourth-order valence-electron chi connectivity index (χ4n) is 5.24. The number of hydrogen-bond donors (Lipinski definition) is 0. The summed E-state index contributed by atoms with van der Waals surface area (Å²) in [5.41, 5.74) is 5.91. The Hall–Kier alpha value is -4.64. The first-order valence-corrected chi connectivity index (χ1v) is 12.6. The van der Waals surface area contributed by atoms with Crippen LogP contribution >= 0.6 is 0 Å². The Balaban J connectivity index is 1.28. The highest BCUT2D eigenvalue weighted by molar-refractivity contribution is 6.30. The third-order valence-corrected chi connectivity index (χ3v) is 7.25. The van der Waals surface area contributed by atoms with Crippen molar-refractivity contribution < 1.29 is 19.1 Å². The smallest absolute Gasteiger partial charge is 0.178 e. The number of ether oxygens (including phenoxy) is 2. The lowest BCUT2D eigenvalue weighted by molar-refractivity contribution is 0.0890. The highest BCUT2D eigenvalue weighted by Crippen LogP contribution is 2.37. The second-order valence-electron chi connectivity index (χ2n) is 9.71. The second-order valence-corrected chi connectivity index (χ2v) is 9.71. The molecule has 1 heterocycles. The van der Waals surface area contributed by atoms with Crippen LogP contribution in [0, 0.1) is 6.92 Å². The van der Waals surface area contributed by atoms with Crippen LogP contribution in [-0.2, 0) is 13.2 Å². The fraction of sp³-hybridized carbons (Fsp3) is 0.152. The molecule has 1 atom stereocenters. The van der Waals surface area contributed by atoms with Crippen molar-refractivity contribution in [3.05, 3.63) is 131 Å². The number of fused-ring (bicyclic) bond motifs is 2. The minimum Gasteiger partial charge on any atom is -0.497 e. The largest absolute Gasteiger partial charge is 0.497 e. The minimum atomic E-state index is -0.844. The number of carbonyl (C=O) groups is 2. The third-order valence-electron chi connectivity index (χ3n) is 7.25. The molecule has 0 bridgehead atoms. The molecule has 0 fully saturated rings. The summed E-state index contributed by atoms with van der Waals surface area (Å²) >= 11 is 0. The molecule has 4 aromatic carbocycles. The molecule has 1 unspecified atom stereocenters. The van der Waals surface area contributed by atoms with Crippen LogP contribution < -0.4 is 9.47 Å². The first kappa shape index (κ1) is 23.7. The van der Waals surface area contributed by atoms with Gasteiger partial charge in [0.15, 0.2) is 11.6 Å². The average molecular weight is 502 g/mol. The molecule has 1 aromatic heterocycles. The van der Waals surface area contributed by atoms with Crippen LogP contribution in [-0.4, -0.2) is 23.2 Å². The minimum absolute atomic E-state index is 0.163. The number of ketones is 2. The van der Waals surface area contributed by atoms with Gasteiger partial charge < -0.3 is 14.0 Å². The molecule has 1 aliphatic rings. The van der Waals surface area contributed by atoms with Crippen molar-refractivity contribution >= 4 is 22.5 Å². The highest BCUT2D eigenvalue weighted by Gasteiger charge is 2.40. The molecule has 38 heavy (non-hydrogen) atoms. The number of Topliss-reactive ketones (excluding diaryl/α,β-unsaturated/α-hetero) is 2. The van der Waals surface area contributed by atoms with E-state index >= 15 is 0 Å². The zero-order chi connectivity index (χ0) is 26.2. The lowest BCUT2D eigenvalue weighted by atomic mass is 9.93. The van der Waals surface area contributed by atoms with E-state index in [0.29, 0.717) is 35.6 Å². The van der Waals surface area contributed by atoms with E-state index in [-0.39, 0.29) is 11.6 Å². The van der Waals surface area contributed by atoms with Crippen LogP contribution in [0.15, 0.2) is 97.2 Å². The molecule has 1 aliphatic carbocycles. The van der Waals surface area contributed by atoms with Gasteiger partial charge in [0, 0.05) is 34.8 Å². The summed E-state index contributed by atoms with van der Waals surface area (Å²) in [5.74, 6) is 0.205. The summed E-state index contributed by atoms with van der Waals surface area (Å²) < 4.78 is 13.4. The maximum absolute atomic E-state index is 13.5. The van der Waals surface area contributed by atoms with Gasteiger partial charge in [-0.3, -0.25) is 9.59 Å². The predicted octanol–water partition coefficient (Wildman–Crippen LogP) is 6.75. The summed E-state index contributed by atoms with van der Waals surface area (Å²) in [7, 11) is 1.65. The zero-order valence-electron chi connectivity index (χ0n) is 21.3. The van der Waals surface area contributed by atoms with E-state index < -0.39 is 5.92 Å². The summed E-state index contributed by atoms with van der Waals surface area (Å²) in [6.45, 7) is 3.14. The maximum atomic E-state index is 13.5. The van der Waals surface area contributed by atoms with Crippen molar-refractivity contribution in [1.29, 1.82) is 0 Å². The van der Waals surface area contributed by atoms with Gasteiger partial charge in [0.1, 0.15) is 24.0 Å². The van der Waals surface area contributed by atoms with Crippen molar-refractivity contribution in [2.24, 2.45) is 0 Å². The van der Waals surface area contributed by atoms with Crippen LogP contribution in [0.5, 0.6) is 11.5 Å². The second kappa shape index (κ2) is 9.67. The molecule has 0 amide bonds. The van der Waals surface area contributed by atoms with Gasteiger partial charge in [0.25, 0.3) is 0 Å². The van der Waals surface area contributed by atoms with Crippen molar-refractivity contribution in [3.8, 4) is 11.5 Å². The molecule has 5 nitrogen and oxygen atoms in total. The molecule has 6 rings (SSSR count). The number of methoxy groups -OCH3 is 1. The van der Waals surface area contributed by atoms with E-state index in [2.05, 4.69) is 17.7 Å². The first-order chi connectivity index (χ1) is 18.5. The van der Waals surface area contributed by atoms with Crippen molar-refractivity contribution in [2.45, 2.75) is 26.0 Å². The van der Waals surface area contributed by atoms with Crippen LogP contribution in [0.2, 0.25) is 0 Å². The van der Waals surface area contributed by atoms with Crippen LogP contribution in [0.3, 0.4) is 0 Å². The monoisotopic (exact) mass is 501 g/mol. The Labute approximate surface area is 221 Å². The van der Waals surface area contributed by atoms with E-state index in [9.17, 15) is 9.59 Å². The number of rotatable bonds is 7. The van der Waals surface area contributed by atoms with Gasteiger partial charge in [-0.25, -0.2) is 0 Å². The molecular weight excluding hydrogens is 474 g/mol. The number of hydrogen-bond acceptors (Lipinski definition) is 4. The van der Waals surface area contributed by atoms with E-state index in [4.69, 9.17) is 9.47 Å². The van der Waals surface area contributed by atoms with Gasteiger partial charge in [-0.2, -0.15) is 0 Å². The van der Waals surface area contributed by atoms with E-state index in [1.165, 1.54) is 0 Å². The Bertz CT molecular complexity index is 1670. The number of aryl methyl sites for hydroxylation is 1. The van der Waals surface area contributed by atoms with Gasteiger partial charge >= 0.3 is 0 Å². The van der Waals surface area contributed by atoms with Crippen LogP contribution in [0.1, 0.15) is 48.9 Å². The zero-order valence-corrected chi connectivity index (χ0v) is 21.3. The van der Waals surface area contributed by atoms with Gasteiger partial charge in [0.2, 0.25) is 0 Å². The van der Waals surface area contributed by atoms with Crippen molar-refractivity contribution in [2.75, 3.05) is 7.11 Å². The normalized spacial score (nSPS) is 14.6. The fourth-order valence-corrected chi connectivity index (χ4v) is 5.24. The van der Waals surface area contributed by atoms with Crippen LogP contribution in [0.25, 0.3) is 10.9 Å². The summed E-state index contributed by atoms with van der Waals surface area (Å²) in [6.07, 6.45) is 2.11. The molecular formula is C33H27NO4. The summed E-state index contributed by atoms with van der Waals surface area (Å²) in [5, 5.41) is 1.11. The molecule has 5 heteroatoms. The lowest BCUT2D eigenvalue weighted by Gasteiger charge is -2.11. The van der Waals surface area contributed by atoms with Gasteiger partial charge in [0.05, 0.1) is 7.11 Å². The number of benzene rings is 4. The van der Waals surface area contributed by atoms with E-state index in [1.54, 1.807) is 25.3 Å². The topological polar surface area (TPSA) is 57.5 Å². The van der Waals surface area contributed by atoms with E-state index in [1.807, 2.05) is 72.8 Å². The molecule has 0 aliphatic heterocycles. The molecule has 0 saturated carbocycles. The van der Waals surface area contributed by atoms with Crippen molar-refractivity contribution in [3.63, 3.8) is 0 Å². The maximum Gasteiger partial charge on any atom is 0.178 e. The Morgan fingerprint density at radius 1 is 0.763 bits per heavy atom. The van der Waals surface area contributed by atoms with Crippen molar-refractivity contribution in [1.82, 2.24) is 4.57 Å². The SMILES string of the molecule is COc1ccc(Cn2cc(C)c3ccc(C4C(=O)c5ccc(OCc6ccccc6)cc5C4=O)cc32)cc1. The summed E-state index contributed by atoms with van der Waals surface area (Å²) in [4.78, 5) is 26.9. The molecule has 5 aromatic rings. The predicted molar refractivity (Wildman–Crippen MR) is 147 cm³/mol. The average Bonchev–Trinajstić information content (AvgIpc) is 3.39. The van der Waals surface area contributed by atoms with Gasteiger partial charge in [-0.15, -0.1) is 0 Å². The van der Waals surface area contributed by atoms with Gasteiger partial charge in [-0.05, 0) is 65.6 Å². The highest BCUT2D eigenvalue weighted by atomic mass is 16.5. The molecule has 0 N–H and O–H groups in total. The van der Waals surface area contributed by atoms with E-state index in [0.717, 1.165) is 33.3 Å². The molecule has 0 spiro atoms. The Kier molecular flexibility index (Phi) is 6.04. The third kappa shape index (κ3) is 4.26. The first-order valence-electron chi connectivity index (χ1n) is 12.6. The number of aromatic nitrogens is 1. The number of carbonyl (C=O) groups excluding carboxylic acids is 2. The van der Waals surface area contributed by atoms with Gasteiger partial charge in [-0.1, -0.05) is 54.6 Å². The molecule has 0 saturated heterocycles. The Morgan fingerprint density at radius 2 is 1.50 bits per heavy atom. The van der Waals surface area contributed by atoms with Crippen LogP contribution in [0.4, 0.5) is 0 Å². The lowest BCUT2D eigenvalue weighted by Crippen LogP contribution is -2.13. The molecule has 0 radical (unpaired) electrons. The standard InChI is InChI=1S/C33H27NO4/c1-21-18-34(19-22-8-11-25(37-2)12-9-22)30-16-24(10-14-27(21)30)31-32(35)28-15-13-26(17-29(28)33(31)36)38-20-23-6-4-3-5-7-23/h3-18,31H,19-20H2,1-2H3.